The Morgan fingerprint density at radius 2 is 2.00 bits per heavy atom. The topological polar surface area (TPSA) is 45.4 Å². The number of hydrogen-bond acceptors (Lipinski definition) is 4. The molecule has 0 unspecified atom stereocenters. The van der Waals surface area contributed by atoms with Gasteiger partial charge in [0.15, 0.2) is 0 Å². The molecule has 0 bridgehead atoms. The van der Waals surface area contributed by atoms with E-state index in [1.807, 2.05) is 12.1 Å². The van der Waals surface area contributed by atoms with Gasteiger partial charge in [0.05, 0.1) is 5.69 Å². The Kier molecular flexibility index (Phi) is 4.63. The molecule has 1 aromatic heterocycles. The summed E-state index contributed by atoms with van der Waals surface area (Å²) in [6, 6.07) is 4.03. The molecule has 1 fully saturated rings. The van der Waals surface area contributed by atoms with E-state index in [9.17, 15) is 0 Å². The van der Waals surface area contributed by atoms with Crippen LogP contribution in [-0.2, 0) is 6.54 Å². The molecule has 0 saturated carbocycles. The van der Waals surface area contributed by atoms with E-state index in [1.165, 1.54) is 5.56 Å². The number of hydrogen-bond donors (Lipinski definition) is 1. The van der Waals surface area contributed by atoms with Crippen LogP contribution in [0.3, 0.4) is 0 Å². The van der Waals surface area contributed by atoms with Crippen molar-refractivity contribution in [2.24, 2.45) is 5.73 Å². The lowest BCUT2D eigenvalue weighted by Crippen LogP contribution is -2.45. The first-order chi connectivity index (χ1) is 8.69. The van der Waals surface area contributed by atoms with Crippen LogP contribution in [0, 0.1) is 0 Å². The molecule has 98 valence electrons. The van der Waals surface area contributed by atoms with Gasteiger partial charge in [0.1, 0.15) is 4.99 Å². The second-order valence-electron chi connectivity index (χ2n) is 4.62. The predicted molar refractivity (Wildman–Crippen MR) is 77.5 cm³/mol. The van der Waals surface area contributed by atoms with Gasteiger partial charge in [-0.15, -0.1) is 0 Å². The highest BCUT2D eigenvalue weighted by atomic mass is 32.1. The Morgan fingerprint density at radius 1 is 1.33 bits per heavy atom. The summed E-state index contributed by atoms with van der Waals surface area (Å²) >= 11 is 4.95. The zero-order chi connectivity index (χ0) is 13.0. The van der Waals surface area contributed by atoms with Crippen molar-refractivity contribution in [3.05, 3.63) is 29.6 Å². The zero-order valence-corrected chi connectivity index (χ0v) is 11.6. The van der Waals surface area contributed by atoms with E-state index in [0.29, 0.717) is 4.99 Å². The number of rotatable bonds is 4. The van der Waals surface area contributed by atoms with Crippen LogP contribution in [0.4, 0.5) is 0 Å². The minimum absolute atomic E-state index is 0.368. The Labute approximate surface area is 114 Å². The van der Waals surface area contributed by atoms with Gasteiger partial charge in [-0.2, -0.15) is 0 Å². The van der Waals surface area contributed by atoms with Gasteiger partial charge >= 0.3 is 0 Å². The number of nitrogens with two attached hydrogens (primary N) is 1. The first-order valence-electron chi connectivity index (χ1n) is 6.38. The van der Waals surface area contributed by atoms with E-state index in [0.717, 1.165) is 45.0 Å². The van der Waals surface area contributed by atoms with E-state index in [-0.39, 0.29) is 0 Å². The van der Waals surface area contributed by atoms with Crippen molar-refractivity contribution in [3.8, 4) is 0 Å². The van der Waals surface area contributed by atoms with Gasteiger partial charge in [-0.25, -0.2) is 0 Å². The fourth-order valence-electron chi connectivity index (χ4n) is 2.23. The molecule has 0 atom stereocenters. The molecule has 0 aromatic carbocycles. The Balaban J connectivity index is 1.94. The number of thiocarbonyl (C=S) groups is 1. The predicted octanol–water partition coefficient (Wildman–Crippen LogP) is 0.853. The summed E-state index contributed by atoms with van der Waals surface area (Å²) in [5.41, 5.74) is 7.55. The minimum Gasteiger partial charge on any atom is -0.388 e. The Bertz CT molecular complexity index is 413. The number of nitrogens with zero attached hydrogens (tertiary/aromatic N) is 3. The molecule has 0 amide bonds. The molecule has 0 spiro atoms. The lowest BCUT2D eigenvalue weighted by atomic mass is 10.2. The summed E-state index contributed by atoms with van der Waals surface area (Å²) in [4.78, 5) is 9.47. The molecule has 1 aliphatic heterocycles. The maximum atomic E-state index is 5.60. The third kappa shape index (κ3) is 3.48. The number of likely N-dealkylation sites (N-methyl/N-ethyl adjacent to an activating group) is 1. The van der Waals surface area contributed by atoms with Crippen LogP contribution in [0.25, 0.3) is 0 Å². The van der Waals surface area contributed by atoms with Crippen molar-refractivity contribution in [2.45, 2.75) is 13.5 Å². The monoisotopic (exact) mass is 264 g/mol. The molecule has 2 heterocycles. The fourth-order valence-corrected chi connectivity index (χ4v) is 2.34. The average molecular weight is 264 g/mol. The van der Waals surface area contributed by atoms with Gasteiger partial charge in [-0.1, -0.05) is 19.1 Å². The van der Waals surface area contributed by atoms with Crippen molar-refractivity contribution in [3.63, 3.8) is 0 Å². The lowest BCUT2D eigenvalue weighted by Gasteiger charge is -2.34. The molecule has 18 heavy (non-hydrogen) atoms. The quantitative estimate of drug-likeness (QED) is 0.817. The molecular weight excluding hydrogens is 244 g/mol. The van der Waals surface area contributed by atoms with Crippen LogP contribution < -0.4 is 5.73 Å². The van der Waals surface area contributed by atoms with E-state index >= 15 is 0 Å². The molecule has 1 aromatic rings. The molecule has 4 nitrogen and oxygen atoms in total. The Hall–Kier alpha value is -1.04. The van der Waals surface area contributed by atoms with E-state index in [4.69, 9.17) is 18.0 Å². The highest BCUT2D eigenvalue weighted by Crippen LogP contribution is 2.09. The highest BCUT2D eigenvalue weighted by Gasteiger charge is 2.15. The number of piperazine rings is 1. The third-order valence-corrected chi connectivity index (χ3v) is 3.60. The maximum absolute atomic E-state index is 5.60. The summed E-state index contributed by atoms with van der Waals surface area (Å²) in [6.07, 6.45) is 1.78. The van der Waals surface area contributed by atoms with Gasteiger partial charge < -0.3 is 10.6 Å². The second-order valence-corrected chi connectivity index (χ2v) is 5.06. The molecular formula is C13H20N4S. The standard InChI is InChI=1S/C13H20N4S/c1-2-16-5-7-17(8-6-16)10-11-3-4-15-12(9-11)13(14)18/h3-4,9H,2,5-8,10H2,1H3,(H2,14,18). The van der Waals surface area contributed by atoms with E-state index in [2.05, 4.69) is 21.7 Å². The molecule has 1 aliphatic rings. The first-order valence-corrected chi connectivity index (χ1v) is 6.79. The molecule has 5 heteroatoms. The summed E-state index contributed by atoms with van der Waals surface area (Å²) in [7, 11) is 0. The largest absolute Gasteiger partial charge is 0.388 e. The van der Waals surface area contributed by atoms with Crippen LogP contribution in [0.5, 0.6) is 0 Å². The van der Waals surface area contributed by atoms with Crippen molar-refractivity contribution >= 4 is 17.2 Å². The van der Waals surface area contributed by atoms with Crippen LogP contribution in [0.1, 0.15) is 18.2 Å². The third-order valence-electron chi connectivity index (χ3n) is 3.40. The summed E-state index contributed by atoms with van der Waals surface area (Å²) in [5.74, 6) is 0. The van der Waals surface area contributed by atoms with Crippen molar-refractivity contribution in [2.75, 3.05) is 32.7 Å². The van der Waals surface area contributed by atoms with Gasteiger partial charge in [0.2, 0.25) is 0 Å². The molecule has 1 saturated heterocycles. The van der Waals surface area contributed by atoms with Crippen molar-refractivity contribution < 1.29 is 0 Å². The number of aromatic nitrogens is 1. The van der Waals surface area contributed by atoms with Crippen LogP contribution >= 0.6 is 12.2 Å². The van der Waals surface area contributed by atoms with Crippen LogP contribution in [0.15, 0.2) is 18.3 Å². The first kappa shape index (κ1) is 13.4. The molecule has 2 rings (SSSR count). The summed E-state index contributed by atoms with van der Waals surface area (Å²) in [6.45, 7) is 8.88. The van der Waals surface area contributed by atoms with Gasteiger partial charge in [-0.05, 0) is 24.2 Å². The van der Waals surface area contributed by atoms with E-state index in [1.54, 1.807) is 6.20 Å². The van der Waals surface area contributed by atoms with Gasteiger partial charge in [0.25, 0.3) is 0 Å². The fraction of sp³-hybridized carbons (Fsp3) is 0.538. The zero-order valence-electron chi connectivity index (χ0n) is 10.8. The van der Waals surface area contributed by atoms with Crippen molar-refractivity contribution in [1.82, 2.24) is 14.8 Å². The Morgan fingerprint density at radius 3 is 2.61 bits per heavy atom. The molecule has 0 aliphatic carbocycles. The normalized spacial score (nSPS) is 17.8. The lowest BCUT2D eigenvalue weighted by molar-refractivity contribution is 0.132. The highest BCUT2D eigenvalue weighted by molar-refractivity contribution is 7.80. The van der Waals surface area contributed by atoms with E-state index < -0.39 is 0 Å². The second kappa shape index (κ2) is 6.22. The summed E-state index contributed by atoms with van der Waals surface area (Å²) < 4.78 is 0. The minimum atomic E-state index is 0.368. The van der Waals surface area contributed by atoms with Crippen LogP contribution in [0.2, 0.25) is 0 Å². The smallest absolute Gasteiger partial charge is 0.122 e. The van der Waals surface area contributed by atoms with Gasteiger partial charge in [-0.3, -0.25) is 9.88 Å². The SMILES string of the molecule is CCN1CCN(Cc2ccnc(C(N)=S)c2)CC1. The van der Waals surface area contributed by atoms with Crippen LogP contribution in [-0.4, -0.2) is 52.5 Å². The molecule has 2 N–H and O–H groups in total. The van der Waals surface area contributed by atoms with Crippen molar-refractivity contribution in [1.29, 1.82) is 0 Å². The number of pyridine rings is 1. The van der Waals surface area contributed by atoms with Gasteiger partial charge in [0, 0.05) is 38.9 Å². The maximum Gasteiger partial charge on any atom is 0.122 e. The molecule has 0 radical (unpaired) electrons. The summed E-state index contributed by atoms with van der Waals surface area (Å²) in [5, 5.41) is 0. The average Bonchev–Trinajstić information content (AvgIpc) is 2.40.